The van der Waals surface area contributed by atoms with Crippen LogP contribution < -0.4 is 14.8 Å². The third-order valence-electron chi connectivity index (χ3n) is 5.99. The lowest BCUT2D eigenvalue weighted by molar-refractivity contribution is -0.116. The summed E-state index contributed by atoms with van der Waals surface area (Å²) < 4.78 is 12.5. The zero-order chi connectivity index (χ0) is 22.5. The van der Waals surface area contributed by atoms with Gasteiger partial charge in [-0.05, 0) is 31.5 Å². The maximum absolute atomic E-state index is 12.7. The third-order valence-corrected chi connectivity index (χ3v) is 5.99. The number of nitrogens with one attached hydrogen (secondary N) is 1. The van der Waals surface area contributed by atoms with Gasteiger partial charge in [0.15, 0.2) is 11.5 Å². The summed E-state index contributed by atoms with van der Waals surface area (Å²) in [6, 6.07) is 13.8. The molecule has 6 rings (SSSR count). The summed E-state index contributed by atoms with van der Waals surface area (Å²) in [7, 11) is 0. The molecule has 33 heavy (non-hydrogen) atoms. The van der Waals surface area contributed by atoms with Gasteiger partial charge in [0.1, 0.15) is 5.82 Å². The highest BCUT2D eigenvalue weighted by molar-refractivity contribution is 5.95. The molecule has 4 aromatic rings. The van der Waals surface area contributed by atoms with Crippen LogP contribution in [0.4, 0.5) is 5.82 Å². The summed E-state index contributed by atoms with van der Waals surface area (Å²) in [6.45, 7) is 4.16. The van der Waals surface area contributed by atoms with Gasteiger partial charge in [0, 0.05) is 23.5 Å². The zero-order valence-electron chi connectivity index (χ0n) is 18.1. The number of carbonyl (C=O) groups excluding carboxylic acids is 1. The Morgan fingerprint density at radius 3 is 2.73 bits per heavy atom. The van der Waals surface area contributed by atoms with Crippen molar-refractivity contribution in [1.29, 1.82) is 0 Å². The molecule has 1 amide bonds. The molecule has 2 aliphatic rings. The van der Waals surface area contributed by atoms with Gasteiger partial charge in [-0.2, -0.15) is 14.9 Å². The number of anilines is 1. The summed E-state index contributed by atoms with van der Waals surface area (Å²) in [4.78, 5) is 17.4. The molecule has 2 aromatic heterocycles. The minimum Gasteiger partial charge on any atom is -0.454 e. The Hall–Kier alpha value is -4.27. The Kier molecular flexibility index (Phi) is 4.36. The number of rotatable bonds is 3. The van der Waals surface area contributed by atoms with E-state index in [0.717, 1.165) is 27.9 Å². The van der Waals surface area contributed by atoms with Crippen molar-refractivity contribution in [1.82, 2.24) is 25.0 Å². The van der Waals surface area contributed by atoms with Crippen molar-refractivity contribution in [2.45, 2.75) is 26.2 Å². The molecule has 9 nitrogen and oxygen atoms in total. The highest BCUT2D eigenvalue weighted by Gasteiger charge is 2.34. The summed E-state index contributed by atoms with van der Waals surface area (Å²) in [5.41, 5.74) is 5.45. The van der Waals surface area contributed by atoms with Crippen LogP contribution >= 0.6 is 0 Å². The molecule has 0 radical (unpaired) electrons. The minimum absolute atomic E-state index is 0.103. The summed E-state index contributed by atoms with van der Waals surface area (Å²) in [5, 5.41) is 16.0. The van der Waals surface area contributed by atoms with E-state index in [2.05, 4.69) is 25.6 Å². The SMILES string of the molecule is Cc1ccc(-c2cnnc(-n3nc(C)c4c3NC(=O)C[C@@H]4c3ccc4c(c3)OCO4)n2)cc1. The minimum atomic E-state index is -0.176. The monoisotopic (exact) mass is 440 g/mol. The Labute approximate surface area is 189 Å². The molecule has 0 saturated carbocycles. The summed E-state index contributed by atoms with van der Waals surface area (Å²) in [6.07, 6.45) is 1.92. The van der Waals surface area contributed by atoms with Crippen LogP contribution in [-0.4, -0.2) is 37.7 Å². The molecular formula is C24H20N6O3. The van der Waals surface area contributed by atoms with E-state index < -0.39 is 0 Å². The number of hydrogen-bond acceptors (Lipinski definition) is 7. The quantitative estimate of drug-likeness (QED) is 0.520. The van der Waals surface area contributed by atoms with Crippen molar-refractivity contribution < 1.29 is 14.3 Å². The number of aryl methyl sites for hydroxylation is 2. The van der Waals surface area contributed by atoms with Crippen LogP contribution in [0.3, 0.4) is 0 Å². The molecule has 1 N–H and O–H groups in total. The van der Waals surface area contributed by atoms with Gasteiger partial charge in [0.25, 0.3) is 5.95 Å². The van der Waals surface area contributed by atoms with Gasteiger partial charge in [0.2, 0.25) is 12.7 Å². The number of nitrogens with zero attached hydrogens (tertiary/aromatic N) is 5. The van der Waals surface area contributed by atoms with Gasteiger partial charge in [-0.25, -0.2) is 4.98 Å². The standard InChI is InChI=1S/C24H20N6O3/c1-13-3-5-15(6-4-13)18-11-25-28-24(26-18)30-23-22(14(2)29-30)17(10-21(31)27-23)16-7-8-19-20(9-16)33-12-32-19/h3-9,11,17H,10,12H2,1-2H3,(H,27,31)/t17-/m1/s1. The molecule has 0 spiro atoms. The predicted octanol–water partition coefficient (Wildman–Crippen LogP) is 3.54. The normalized spacial score (nSPS) is 16.4. The van der Waals surface area contributed by atoms with E-state index in [-0.39, 0.29) is 18.6 Å². The number of fused-ring (bicyclic) bond motifs is 2. The van der Waals surface area contributed by atoms with Gasteiger partial charge in [0.05, 0.1) is 17.6 Å². The molecule has 0 bridgehead atoms. The van der Waals surface area contributed by atoms with Crippen LogP contribution in [0.1, 0.15) is 34.7 Å². The number of aromatic nitrogens is 5. The highest BCUT2D eigenvalue weighted by atomic mass is 16.7. The third kappa shape index (κ3) is 3.29. The first-order valence-corrected chi connectivity index (χ1v) is 10.6. The lowest BCUT2D eigenvalue weighted by Crippen LogP contribution is -2.25. The second-order valence-electron chi connectivity index (χ2n) is 8.18. The smallest absolute Gasteiger partial charge is 0.272 e. The fourth-order valence-electron chi connectivity index (χ4n) is 4.35. The maximum atomic E-state index is 12.7. The molecule has 9 heteroatoms. The van der Waals surface area contributed by atoms with Crippen molar-refractivity contribution in [2.75, 3.05) is 12.1 Å². The van der Waals surface area contributed by atoms with E-state index in [1.54, 1.807) is 10.9 Å². The Morgan fingerprint density at radius 2 is 1.88 bits per heavy atom. The predicted molar refractivity (Wildman–Crippen MR) is 120 cm³/mol. The highest BCUT2D eigenvalue weighted by Crippen LogP contribution is 2.43. The second kappa shape index (κ2) is 7.40. The lowest BCUT2D eigenvalue weighted by atomic mass is 9.85. The fraction of sp³-hybridized carbons (Fsp3) is 0.208. The van der Waals surface area contributed by atoms with Crippen molar-refractivity contribution in [2.24, 2.45) is 0 Å². The van der Waals surface area contributed by atoms with Gasteiger partial charge in [-0.3, -0.25) is 4.79 Å². The topological polar surface area (TPSA) is 104 Å². The average molecular weight is 440 g/mol. The van der Waals surface area contributed by atoms with E-state index in [4.69, 9.17) is 9.47 Å². The van der Waals surface area contributed by atoms with E-state index in [0.29, 0.717) is 35.4 Å². The van der Waals surface area contributed by atoms with Crippen LogP contribution in [-0.2, 0) is 4.79 Å². The molecule has 0 saturated heterocycles. The van der Waals surface area contributed by atoms with Gasteiger partial charge < -0.3 is 14.8 Å². The molecule has 0 fully saturated rings. The molecule has 0 aliphatic carbocycles. The van der Waals surface area contributed by atoms with Crippen LogP contribution in [0.2, 0.25) is 0 Å². The Morgan fingerprint density at radius 1 is 1.06 bits per heavy atom. The van der Waals surface area contributed by atoms with Crippen molar-refractivity contribution >= 4 is 11.7 Å². The number of carbonyl (C=O) groups is 1. The molecule has 4 heterocycles. The number of benzene rings is 2. The van der Waals surface area contributed by atoms with Gasteiger partial charge in [-0.1, -0.05) is 35.9 Å². The molecular weight excluding hydrogens is 420 g/mol. The Bertz CT molecular complexity index is 1400. The van der Waals surface area contributed by atoms with Gasteiger partial charge >= 0.3 is 0 Å². The molecule has 2 aromatic carbocycles. The summed E-state index contributed by atoms with van der Waals surface area (Å²) in [5.74, 6) is 1.97. The van der Waals surface area contributed by atoms with Crippen molar-refractivity contribution in [3.63, 3.8) is 0 Å². The number of hydrogen-bond donors (Lipinski definition) is 1. The van der Waals surface area contributed by atoms with Crippen LogP contribution in [0.25, 0.3) is 17.2 Å². The van der Waals surface area contributed by atoms with E-state index in [1.165, 1.54) is 0 Å². The van der Waals surface area contributed by atoms with Crippen LogP contribution in [0, 0.1) is 13.8 Å². The van der Waals surface area contributed by atoms with E-state index >= 15 is 0 Å². The maximum Gasteiger partial charge on any atom is 0.272 e. The van der Waals surface area contributed by atoms with Crippen molar-refractivity contribution in [3.05, 3.63) is 71.0 Å². The second-order valence-corrected chi connectivity index (χ2v) is 8.18. The molecule has 0 unspecified atom stereocenters. The van der Waals surface area contributed by atoms with E-state index in [1.807, 2.05) is 56.3 Å². The van der Waals surface area contributed by atoms with Crippen LogP contribution in [0.5, 0.6) is 11.5 Å². The fourth-order valence-corrected chi connectivity index (χ4v) is 4.35. The number of ether oxygens (including phenoxy) is 2. The molecule has 2 aliphatic heterocycles. The van der Waals surface area contributed by atoms with Gasteiger partial charge in [-0.15, -0.1) is 5.10 Å². The lowest BCUT2D eigenvalue weighted by Gasteiger charge is -2.24. The zero-order valence-corrected chi connectivity index (χ0v) is 18.1. The number of amides is 1. The molecule has 1 atom stereocenters. The van der Waals surface area contributed by atoms with Crippen LogP contribution in [0.15, 0.2) is 48.7 Å². The Balaban J connectivity index is 1.44. The first-order chi connectivity index (χ1) is 16.1. The first-order valence-electron chi connectivity index (χ1n) is 10.6. The first kappa shape index (κ1) is 19.4. The largest absolute Gasteiger partial charge is 0.454 e. The molecule has 164 valence electrons. The van der Waals surface area contributed by atoms with Crippen molar-refractivity contribution in [3.8, 4) is 28.7 Å². The average Bonchev–Trinajstić information content (AvgIpc) is 3.43. The summed E-state index contributed by atoms with van der Waals surface area (Å²) >= 11 is 0. The van der Waals surface area contributed by atoms with E-state index in [9.17, 15) is 4.79 Å².